The minimum absolute atomic E-state index is 0.0144. The monoisotopic (exact) mass is 608 g/mol. The molecule has 0 aliphatic carbocycles. The molecule has 2 aliphatic rings. The van der Waals surface area contributed by atoms with E-state index in [9.17, 15) is 36.3 Å². The van der Waals surface area contributed by atoms with Gasteiger partial charge in [-0.25, -0.2) is 13.2 Å². The molecule has 1 aromatic carbocycles. The maximum absolute atomic E-state index is 14.1. The van der Waals surface area contributed by atoms with Gasteiger partial charge in [-0.15, -0.1) is 0 Å². The van der Waals surface area contributed by atoms with Crippen LogP contribution in [0.3, 0.4) is 0 Å². The van der Waals surface area contributed by atoms with E-state index < -0.39 is 45.9 Å². The van der Waals surface area contributed by atoms with Crippen LogP contribution >= 0.6 is 11.6 Å². The minimum Gasteiger partial charge on any atom is -0.486 e. The zero-order valence-electron chi connectivity index (χ0n) is 21.8. The Bertz CT molecular complexity index is 1430. The predicted molar refractivity (Wildman–Crippen MR) is 137 cm³/mol. The SMILES string of the molecule is C[C@H](C[C@H]1CN(S(=O)(=O)c2c(Cl)nn3c2CCCC3)c2cc(NC(=O)OC(C)(C)C(F)(F)F)ccc2O1)C(=O)O. The molecular formula is C24H28ClF3N4O7S. The Hall–Kier alpha value is -3.20. The highest BCUT2D eigenvalue weighted by atomic mass is 35.5. The van der Waals surface area contributed by atoms with Crippen LogP contribution in [-0.4, -0.2) is 59.8 Å². The number of benzene rings is 1. The maximum atomic E-state index is 14.1. The molecule has 2 N–H and O–H groups in total. The number of carbonyl (C=O) groups excluding carboxylic acids is 1. The van der Waals surface area contributed by atoms with Gasteiger partial charge in [0.2, 0.25) is 5.60 Å². The second-order valence-corrected chi connectivity index (χ2v) is 12.4. The highest BCUT2D eigenvalue weighted by Gasteiger charge is 2.51. The first-order valence-electron chi connectivity index (χ1n) is 12.4. The molecule has 0 radical (unpaired) electrons. The number of halogens is 4. The lowest BCUT2D eigenvalue weighted by atomic mass is 10.0. The van der Waals surface area contributed by atoms with E-state index in [0.29, 0.717) is 32.5 Å². The van der Waals surface area contributed by atoms with Gasteiger partial charge in [-0.1, -0.05) is 18.5 Å². The first kappa shape index (κ1) is 29.8. The number of fused-ring (bicyclic) bond motifs is 2. The summed E-state index contributed by atoms with van der Waals surface area (Å²) in [5, 5.41) is 15.5. The molecule has 3 heterocycles. The molecule has 0 unspecified atom stereocenters. The molecule has 0 bridgehead atoms. The van der Waals surface area contributed by atoms with Crippen LogP contribution < -0.4 is 14.4 Å². The van der Waals surface area contributed by atoms with Crippen LogP contribution in [0.4, 0.5) is 29.3 Å². The van der Waals surface area contributed by atoms with E-state index >= 15 is 0 Å². The predicted octanol–water partition coefficient (Wildman–Crippen LogP) is 4.83. The molecule has 16 heteroatoms. The van der Waals surface area contributed by atoms with Gasteiger partial charge in [0, 0.05) is 12.2 Å². The third-order valence-electron chi connectivity index (χ3n) is 6.76. The lowest BCUT2D eigenvalue weighted by Crippen LogP contribution is -2.45. The van der Waals surface area contributed by atoms with Crippen molar-refractivity contribution in [2.24, 2.45) is 5.92 Å². The van der Waals surface area contributed by atoms with Crippen molar-refractivity contribution in [2.45, 2.75) is 75.8 Å². The van der Waals surface area contributed by atoms with Crippen LogP contribution in [0.25, 0.3) is 0 Å². The third kappa shape index (κ3) is 5.80. The number of nitrogens with one attached hydrogen (secondary N) is 1. The highest BCUT2D eigenvalue weighted by Crippen LogP contribution is 2.42. The van der Waals surface area contributed by atoms with Crippen LogP contribution in [0.5, 0.6) is 5.75 Å². The number of anilines is 2. The number of aromatic nitrogens is 2. The number of amides is 1. The van der Waals surface area contributed by atoms with Crippen molar-refractivity contribution in [1.29, 1.82) is 0 Å². The molecule has 2 atom stereocenters. The van der Waals surface area contributed by atoms with Crippen molar-refractivity contribution in [1.82, 2.24) is 9.78 Å². The summed E-state index contributed by atoms with van der Waals surface area (Å²) in [6.45, 7) is 3.05. The summed E-state index contributed by atoms with van der Waals surface area (Å²) in [5.74, 6) is -1.88. The van der Waals surface area contributed by atoms with E-state index in [4.69, 9.17) is 16.3 Å². The minimum atomic E-state index is -4.83. The van der Waals surface area contributed by atoms with Gasteiger partial charge in [0.1, 0.15) is 16.7 Å². The molecule has 220 valence electrons. The van der Waals surface area contributed by atoms with Crippen molar-refractivity contribution in [3.05, 3.63) is 29.0 Å². The number of aliphatic carboxylic acids is 1. The molecule has 2 aliphatic heterocycles. The van der Waals surface area contributed by atoms with E-state index in [2.05, 4.69) is 15.2 Å². The summed E-state index contributed by atoms with van der Waals surface area (Å²) in [5.41, 5.74) is -2.44. The molecule has 2 aromatic rings. The molecule has 4 rings (SSSR count). The number of rotatable bonds is 7. The van der Waals surface area contributed by atoms with Crippen LogP contribution in [0, 0.1) is 5.92 Å². The summed E-state index contributed by atoms with van der Waals surface area (Å²) < 4.78 is 80.6. The molecular weight excluding hydrogens is 581 g/mol. The molecule has 1 amide bonds. The molecule has 0 saturated heterocycles. The number of sulfonamides is 1. The first-order valence-corrected chi connectivity index (χ1v) is 14.2. The Labute approximate surface area is 233 Å². The number of alkyl halides is 3. The van der Waals surface area contributed by atoms with Gasteiger partial charge in [0.25, 0.3) is 10.0 Å². The Morgan fingerprint density at radius 2 is 2.00 bits per heavy atom. The van der Waals surface area contributed by atoms with Crippen molar-refractivity contribution < 1.29 is 45.8 Å². The molecule has 11 nitrogen and oxygen atoms in total. The van der Waals surface area contributed by atoms with Gasteiger partial charge < -0.3 is 14.6 Å². The van der Waals surface area contributed by atoms with Crippen molar-refractivity contribution in [2.75, 3.05) is 16.2 Å². The lowest BCUT2D eigenvalue weighted by molar-refractivity contribution is -0.242. The molecule has 0 saturated carbocycles. The summed E-state index contributed by atoms with van der Waals surface area (Å²) in [7, 11) is -4.39. The van der Waals surface area contributed by atoms with Gasteiger partial charge in [0.05, 0.1) is 23.8 Å². The fourth-order valence-electron chi connectivity index (χ4n) is 4.46. The maximum Gasteiger partial charge on any atom is 0.427 e. The standard InChI is InChI=1S/C24H28ClF3N4O7S/c1-13(21(33)34)10-15-12-32(40(36,37)19-16-6-4-5-9-31(16)30-20(19)25)17-11-14(7-8-18(17)38-15)29-22(35)39-23(2,3)24(26,27)28/h7-8,11,13,15H,4-6,9-10,12H2,1-3H3,(H,29,35)(H,33,34)/t13-,15+/m1/s1. The molecule has 40 heavy (non-hydrogen) atoms. The Morgan fingerprint density at radius 3 is 2.65 bits per heavy atom. The number of hydrogen-bond donors (Lipinski definition) is 2. The van der Waals surface area contributed by atoms with Gasteiger partial charge in [-0.05, 0) is 57.7 Å². The van der Waals surface area contributed by atoms with E-state index in [1.807, 2.05) is 0 Å². The molecule has 1 aromatic heterocycles. The van der Waals surface area contributed by atoms with Crippen LogP contribution in [0.1, 0.15) is 45.7 Å². The number of ether oxygens (including phenoxy) is 2. The number of carboxylic acid groups (broad SMARTS) is 1. The number of nitrogens with zero attached hydrogens (tertiary/aromatic N) is 3. The second kappa shape index (κ2) is 10.7. The summed E-state index contributed by atoms with van der Waals surface area (Å²) >= 11 is 6.31. The fraction of sp³-hybridized carbons (Fsp3) is 0.542. The quantitative estimate of drug-likeness (QED) is 0.456. The van der Waals surface area contributed by atoms with Gasteiger partial charge >= 0.3 is 18.2 Å². The van der Waals surface area contributed by atoms with E-state index in [-0.39, 0.29) is 40.1 Å². The lowest BCUT2D eigenvalue weighted by Gasteiger charge is -2.36. The smallest absolute Gasteiger partial charge is 0.427 e. The Balaban J connectivity index is 1.72. The van der Waals surface area contributed by atoms with Crippen LogP contribution in [0.2, 0.25) is 5.15 Å². The zero-order chi connectivity index (χ0) is 29.6. The third-order valence-corrected chi connectivity index (χ3v) is 9.00. The number of carboxylic acids is 1. The zero-order valence-corrected chi connectivity index (χ0v) is 23.4. The summed E-state index contributed by atoms with van der Waals surface area (Å²) in [6.07, 6.45) is -5.15. The van der Waals surface area contributed by atoms with E-state index in [0.717, 1.165) is 17.1 Å². The normalized spacial score (nSPS) is 18.3. The fourth-order valence-corrected chi connectivity index (χ4v) is 6.70. The van der Waals surface area contributed by atoms with Crippen LogP contribution in [-0.2, 0) is 32.5 Å². The highest BCUT2D eigenvalue weighted by molar-refractivity contribution is 7.93. The largest absolute Gasteiger partial charge is 0.486 e. The first-order chi connectivity index (χ1) is 18.5. The van der Waals surface area contributed by atoms with Gasteiger partial charge in [-0.2, -0.15) is 18.3 Å². The second-order valence-electron chi connectivity index (χ2n) is 10.2. The summed E-state index contributed by atoms with van der Waals surface area (Å²) in [6, 6.07) is 3.84. The number of carbonyl (C=O) groups is 2. The van der Waals surface area contributed by atoms with Crippen molar-refractivity contribution in [3.63, 3.8) is 0 Å². The topological polar surface area (TPSA) is 140 Å². The molecule has 0 spiro atoms. The average Bonchev–Trinajstić information content (AvgIpc) is 3.18. The number of hydrogen-bond acceptors (Lipinski definition) is 7. The number of aryl methyl sites for hydroxylation is 1. The van der Waals surface area contributed by atoms with Gasteiger partial charge in [0.15, 0.2) is 5.15 Å². The molecule has 0 fully saturated rings. The van der Waals surface area contributed by atoms with Crippen molar-refractivity contribution in [3.8, 4) is 5.75 Å². The Morgan fingerprint density at radius 1 is 1.30 bits per heavy atom. The van der Waals surface area contributed by atoms with Gasteiger partial charge in [-0.3, -0.25) is 19.1 Å². The van der Waals surface area contributed by atoms with Crippen LogP contribution in [0.15, 0.2) is 23.1 Å². The van der Waals surface area contributed by atoms with E-state index in [1.54, 1.807) is 4.68 Å². The van der Waals surface area contributed by atoms with Crippen molar-refractivity contribution >= 4 is 45.1 Å². The summed E-state index contributed by atoms with van der Waals surface area (Å²) in [4.78, 5) is 23.5. The average molecular weight is 609 g/mol. The Kier molecular flexibility index (Phi) is 7.93. The van der Waals surface area contributed by atoms with E-state index in [1.165, 1.54) is 25.1 Å².